The van der Waals surface area contributed by atoms with Crippen LogP contribution in [0.15, 0.2) is 80.9 Å². The molecule has 2 aromatic carbocycles. The van der Waals surface area contributed by atoms with Crippen LogP contribution in [0.25, 0.3) is 21.6 Å². The number of halogens is 1. The SMILES string of the molecule is O=c1c2ccccc2nc(SCc2cc(=O)n3ccsc3n2)n1-c1ccc(F)cc1. The lowest BCUT2D eigenvalue weighted by Gasteiger charge is -2.13. The Labute approximate surface area is 177 Å². The van der Waals surface area contributed by atoms with E-state index in [0.29, 0.717) is 38.2 Å². The zero-order chi connectivity index (χ0) is 20.7. The van der Waals surface area contributed by atoms with Gasteiger partial charge in [0.25, 0.3) is 11.1 Å². The van der Waals surface area contributed by atoms with E-state index in [9.17, 15) is 14.0 Å². The summed E-state index contributed by atoms with van der Waals surface area (Å²) in [4.78, 5) is 35.2. The molecule has 0 saturated carbocycles. The summed E-state index contributed by atoms with van der Waals surface area (Å²) in [5, 5.41) is 2.72. The van der Waals surface area contributed by atoms with E-state index in [4.69, 9.17) is 0 Å². The van der Waals surface area contributed by atoms with Gasteiger partial charge in [0, 0.05) is 23.4 Å². The molecule has 0 bridgehead atoms. The third-order valence-electron chi connectivity index (χ3n) is 4.54. The van der Waals surface area contributed by atoms with Crippen molar-refractivity contribution in [3.8, 4) is 5.69 Å². The van der Waals surface area contributed by atoms with Crippen LogP contribution in [0.5, 0.6) is 0 Å². The molecule has 30 heavy (non-hydrogen) atoms. The Morgan fingerprint density at radius 1 is 1.03 bits per heavy atom. The number of benzene rings is 2. The quantitative estimate of drug-likeness (QED) is 0.316. The molecule has 0 atom stereocenters. The second-order valence-electron chi connectivity index (χ2n) is 6.46. The minimum atomic E-state index is -0.385. The van der Waals surface area contributed by atoms with E-state index in [1.54, 1.807) is 41.9 Å². The van der Waals surface area contributed by atoms with Crippen molar-refractivity contribution in [3.63, 3.8) is 0 Å². The molecule has 0 N–H and O–H groups in total. The van der Waals surface area contributed by atoms with Gasteiger partial charge in [-0.3, -0.25) is 18.6 Å². The van der Waals surface area contributed by atoms with Crippen molar-refractivity contribution in [2.24, 2.45) is 0 Å². The van der Waals surface area contributed by atoms with Gasteiger partial charge in [0.15, 0.2) is 10.1 Å². The number of hydrogen-bond acceptors (Lipinski definition) is 6. The summed E-state index contributed by atoms with van der Waals surface area (Å²) in [7, 11) is 0. The van der Waals surface area contributed by atoms with Gasteiger partial charge in [-0.05, 0) is 36.4 Å². The number of nitrogens with zero attached hydrogens (tertiary/aromatic N) is 4. The smallest absolute Gasteiger partial charge is 0.266 e. The lowest BCUT2D eigenvalue weighted by Crippen LogP contribution is -2.22. The minimum absolute atomic E-state index is 0.153. The number of rotatable bonds is 4. The average Bonchev–Trinajstić information content (AvgIpc) is 3.23. The molecule has 3 heterocycles. The Morgan fingerprint density at radius 2 is 1.83 bits per heavy atom. The molecule has 6 nitrogen and oxygen atoms in total. The minimum Gasteiger partial charge on any atom is -0.269 e. The van der Waals surface area contributed by atoms with Crippen molar-refractivity contribution in [2.45, 2.75) is 10.9 Å². The molecule has 0 aliphatic carbocycles. The molecule has 148 valence electrons. The molecular formula is C21H13FN4O2S2. The third kappa shape index (κ3) is 3.31. The fourth-order valence-corrected chi connectivity index (χ4v) is 4.77. The first-order chi connectivity index (χ1) is 14.6. The van der Waals surface area contributed by atoms with Crippen molar-refractivity contribution in [3.05, 3.63) is 98.4 Å². The predicted molar refractivity (Wildman–Crippen MR) is 116 cm³/mol. The van der Waals surface area contributed by atoms with E-state index in [2.05, 4.69) is 9.97 Å². The molecule has 0 aliphatic rings. The fraction of sp³-hybridized carbons (Fsp3) is 0.0476. The van der Waals surface area contributed by atoms with Crippen molar-refractivity contribution in [2.75, 3.05) is 0 Å². The van der Waals surface area contributed by atoms with Crippen LogP contribution in [0.4, 0.5) is 4.39 Å². The first-order valence-corrected chi connectivity index (χ1v) is 10.8. The zero-order valence-corrected chi connectivity index (χ0v) is 17.0. The lowest BCUT2D eigenvalue weighted by molar-refractivity contribution is 0.627. The summed E-state index contributed by atoms with van der Waals surface area (Å²) in [6.07, 6.45) is 1.68. The van der Waals surface area contributed by atoms with Crippen LogP contribution in [0.1, 0.15) is 5.69 Å². The maximum absolute atomic E-state index is 13.4. The Bertz CT molecular complexity index is 1510. The summed E-state index contributed by atoms with van der Waals surface area (Å²) >= 11 is 2.68. The average molecular weight is 436 g/mol. The van der Waals surface area contributed by atoms with Crippen LogP contribution >= 0.6 is 23.1 Å². The highest BCUT2D eigenvalue weighted by atomic mass is 32.2. The summed E-state index contributed by atoms with van der Waals surface area (Å²) in [5.74, 6) is -0.0287. The van der Waals surface area contributed by atoms with Crippen molar-refractivity contribution >= 4 is 39.0 Å². The van der Waals surface area contributed by atoms with Gasteiger partial charge in [0.1, 0.15) is 5.82 Å². The topological polar surface area (TPSA) is 69.3 Å². The van der Waals surface area contributed by atoms with Crippen LogP contribution in [0.2, 0.25) is 0 Å². The zero-order valence-electron chi connectivity index (χ0n) is 15.4. The Morgan fingerprint density at radius 3 is 2.67 bits per heavy atom. The monoisotopic (exact) mass is 436 g/mol. The van der Waals surface area contributed by atoms with Crippen LogP contribution in [-0.4, -0.2) is 18.9 Å². The number of hydrogen-bond donors (Lipinski definition) is 0. The molecule has 3 aromatic heterocycles. The van der Waals surface area contributed by atoms with Gasteiger partial charge in [0.05, 0.1) is 22.3 Å². The molecule has 5 rings (SSSR count). The van der Waals surface area contributed by atoms with Gasteiger partial charge < -0.3 is 0 Å². The Hall–Kier alpha value is -3.30. The standard InChI is InChI=1S/C21H13FN4O2S2/c22-13-5-7-15(8-6-13)26-19(28)16-3-1-2-4-17(16)24-21(26)30-12-14-11-18(27)25-9-10-29-20(25)23-14/h1-11H,12H2. The Kier molecular flexibility index (Phi) is 4.68. The second kappa shape index (κ2) is 7.51. The number of thiazole rings is 1. The van der Waals surface area contributed by atoms with Gasteiger partial charge in [-0.15, -0.1) is 11.3 Å². The molecule has 0 unspecified atom stereocenters. The highest BCUT2D eigenvalue weighted by Gasteiger charge is 2.14. The first kappa shape index (κ1) is 18.7. The van der Waals surface area contributed by atoms with E-state index in [0.717, 1.165) is 0 Å². The van der Waals surface area contributed by atoms with E-state index in [1.165, 1.54) is 50.3 Å². The normalized spacial score (nSPS) is 11.4. The molecule has 0 spiro atoms. The number of para-hydroxylation sites is 1. The Balaban J connectivity index is 1.61. The van der Waals surface area contributed by atoms with Crippen molar-refractivity contribution in [1.29, 1.82) is 0 Å². The largest absolute Gasteiger partial charge is 0.269 e. The highest BCUT2D eigenvalue weighted by molar-refractivity contribution is 7.98. The van der Waals surface area contributed by atoms with E-state index in [-0.39, 0.29) is 16.9 Å². The fourth-order valence-electron chi connectivity index (χ4n) is 3.13. The predicted octanol–water partition coefficient (Wildman–Crippen LogP) is 3.89. The van der Waals surface area contributed by atoms with Gasteiger partial charge in [-0.1, -0.05) is 23.9 Å². The molecule has 0 fully saturated rings. The lowest BCUT2D eigenvalue weighted by atomic mass is 10.2. The van der Waals surface area contributed by atoms with Gasteiger partial charge in [-0.2, -0.15) is 0 Å². The van der Waals surface area contributed by atoms with Gasteiger partial charge >= 0.3 is 0 Å². The third-order valence-corrected chi connectivity index (χ3v) is 6.26. The summed E-state index contributed by atoms with van der Waals surface area (Å²) in [6.45, 7) is 0. The highest BCUT2D eigenvalue weighted by Crippen LogP contribution is 2.24. The first-order valence-electron chi connectivity index (χ1n) is 8.96. The van der Waals surface area contributed by atoms with Crippen LogP contribution in [0, 0.1) is 5.82 Å². The molecule has 5 aromatic rings. The van der Waals surface area contributed by atoms with Crippen molar-refractivity contribution < 1.29 is 4.39 Å². The molecule has 9 heteroatoms. The molecular weight excluding hydrogens is 423 g/mol. The molecule has 0 radical (unpaired) electrons. The van der Waals surface area contributed by atoms with Gasteiger partial charge in [-0.25, -0.2) is 14.4 Å². The van der Waals surface area contributed by atoms with Gasteiger partial charge in [0.2, 0.25) is 0 Å². The van der Waals surface area contributed by atoms with E-state index >= 15 is 0 Å². The van der Waals surface area contributed by atoms with Crippen LogP contribution in [0.3, 0.4) is 0 Å². The number of thioether (sulfide) groups is 1. The molecule has 0 amide bonds. The summed E-state index contributed by atoms with van der Waals surface area (Å²) in [6, 6.07) is 14.3. The maximum Gasteiger partial charge on any atom is 0.266 e. The summed E-state index contributed by atoms with van der Waals surface area (Å²) < 4.78 is 16.4. The molecule has 0 saturated heterocycles. The van der Waals surface area contributed by atoms with Crippen LogP contribution < -0.4 is 11.1 Å². The molecule has 0 aliphatic heterocycles. The number of fused-ring (bicyclic) bond motifs is 2. The second-order valence-corrected chi connectivity index (χ2v) is 8.27. The maximum atomic E-state index is 13.4. The van der Waals surface area contributed by atoms with E-state index < -0.39 is 0 Å². The van der Waals surface area contributed by atoms with Crippen LogP contribution in [-0.2, 0) is 5.75 Å². The number of aromatic nitrogens is 4. The van der Waals surface area contributed by atoms with Crippen molar-refractivity contribution in [1.82, 2.24) is 18.9 Å². The summed E-state index contributed by atoms with van der Waals surface area (Å²) in [5.41, 5.74) is 1.30. The van der Waals surface area contributed by atoms with E-state index in [1.807, 2.05) is 6.07 Å².